The Kier molecular flexibility index (Phi) is 4.81. The van der Waals surface area contributed by atoms with Crippen molar-refractivity contribution >= 4 is 17.5 Å². The molecule has 2 nitrogen and oxygen atoms in total. The van der Waals surface area contributed by atoms with Crippen LogP contribution in [-0.2, 0) is 0 Å². The van der Waals surface area contributed by atoms with Gasteiger partial charge < -0.3 is 4.90 Å². The van der Waals surface area contributed by atoms with Gasteiger partial charge in [0, 0.05) is 24.0 Å². The van der Waals surface area contributed by atoms with Gasteiger partial charge in [-0.25, -0.2) is 0 Å². The van der Waals surface area contributed by atoms with Crippen molar-refractivity contribution in [2.24, 2.45) is 0 Å². The van der Waals surface area contributed by atoms with Crippen LogP contribution in [0.4, 0.5) is 0 Å². The average Bonchev–Trinajstić information content (AvgIpc) is 2.25. The molecule has 0 unspecified atom stereocenters. The van der Waals surface area contributed by atoms with Gasteiger partial charge in [-0.15, -0.1) is 11.6 Å². The zero-order chi connectivity index (χ0) is 12.1. The molecule has 0 atom stereocenters. The maximum absolute atomic E-state index is 12.2. The number of carbonyl (C=O) groups is 1. The summed E-state index contributed by atoms with van der Waals surface area (Å²) in [5.74, 6) is 0.520. The Morgan fingerprint density at radius 1 is 1.31 bits per heavy atom. The Hall–Kier alpha value is -1.02. The highest BCUT2D eigenvalue weighted by atomic mass is 35.5. The number of rotatable bonds is 4. The summed E-state index contributed by atoms with van der Waals surface area (Å²) in [6, 6.07) is 7.80. The van der Waals surface area contributed by atoms with E-state index in [4.69, 9.17) is 11.6 Å². The Morgan fingerprint density at radius 3 is 2.31 bits per heavy atom. The summed E-state index contributed by atoms with van der Waals surface area (Å²) in [6.45, 7) is 6.59. The number of nitrogens with zero attached hydrogens (tertiary/aromatic N) is 1. The monoisotopic (exact) mass is 239 g/mol. The zero-order valence-electron chi connectivity index (χ0n) is 10.0. The first-order valence-electron chi connectivity index (χ1n) is 5.50. The van der Waals surface area contributed by atoms with Gasteiger partial charge in [0.25, 0.3) is 5.91 Å². The van der Waals surface area contributed by atoms with E-state index in [1.165, 1.54) is 0 Å². The van der Waals surface area contributed by atoms with Crippen LogP contribution in [0.2, 0.25) is 0 Å². The molecule has 0 aliphatic carbocycles. The molecule has 0 heterocycles. The Balaban J connectivity index is 2.86. The van der Waals surface area contributed by atoms with Gasteiger partial charge in [-0.1, -0.05) is 17.7 Å². The highest BCUT2D eigenvalue weighted by Crippen LogP contribution is 2.10. The highest BCUT2D eigenvalue weighted by Gasteiger charge is 2.17. The number of aryl methyl sites for hydroxylation is 1. The fourth-order valence-corrected chi connectivity index (χ4v) is 1.73. The second-order valence-electron chi connectivity index (χ2n) is 4.15. The molecule has 88 valence electrons. The summed E-state index contributed by atoms with van der Waals surface area (Å²) in [5.41, 5.74) is 1.88. The van der Waals surface area contributed by atoms with Crippen LogP contribution in [0.1, 0.15) is 29.8 Å². The van der Waals surface area contributed by atoms with Crippen LogP contribution in [0.25, 0.3) is 0 Å². The van der Waals surface area contributed by atoms with Crippen molar-refractivity contribution in [3.8, 4) is 0 Å². The van der Waals surface area contributed by atoms with Gasteiger partial charge >= 0.3 is 0 Å². The molecule has 0 saturated carbocycles. The van der Waals surface area contributed by atoms with Gasteiger partial charge in [0.15, 0.2) is 0 Å². The predicted octanol–water partition coefficient (Wildman–Crippen LogP) is 3.08. The summed E-state index contributed by atoms with van der Waals surface area (Å²) in [7, 11) is 0. The largest absolute Gasteiger partial charge is 0.335 e. The maximum Gasteiger partial charge on any atom is 0.254 e. The van der Waals surface area contributed by atoms with Crippen molar-refractivity contribution in [2.75, 3.05) is 12.4 Å². The number of hydrogen-bond donors (Lipinski definition) is 0. The van der Waals surface area contributed by atoms with Crippen LogP contribution in [0, 0.1) is 6.92 Å². The smallest absolute Gasteiger partial charge is 0.254 e. The zero-order valence-corrected chi connectivity index (χ0v) is 10.8. The van der Waals surface area contributed by atoms with Gasteiger partial charge in [0.1, 0.15) is 0 Å². The molecule has 0 N–H and O–H groups in total. The lowest BCUT2D eigenvalue weighted by Crippen LogP contribution is -2.38. The van der Waals surface area contributed by atoms with Gasteiger partial charge in [-0.05, 0) is 32.9 Å². The summed E-state index contributed by atoms with van der Waals surface area (Å²) < 4.78 is 0. The second-order valence-corrected chi connectivity index (χ2v) is 4.53. The molecule has 0 fully saturated rings. The van der Waals surface area contributed by atoms with Crippen LogP contribution < -0.4 is 0 Å². The molecule has 0 bridgehead atoms. The van der Waals surface area contributed by atoms with Crippen LogP contribution in [0.15, 0.2) is 24.3 Å². The minimum atomic E-state index is 0.0515. The van der Waals surface area contributed by atoms with Gasteiger partial charge in [0.2, 0.25) is 0 Å². The van der Waals surface area contributed by atoms with E-state index in [-0.39, 0.29) is 11.9 Å². The number of alkyl halides is 1. The van der Waals surface area contributed by atoms with Crippen molar-refractivity contribution in [1.82, 2.24) is 4.90 Å². The van der Waals surface area contributed by atoms with Crippen LogP contribution in [0.5, 0.6) is 0 Å². The maximum atomic E-state index is 12.2. The summed E-state index contributed by atoms with van der Waals surface area (Å²) in [4.78, 5) is 13.9. The minimum Gasteiger partial charge on any atom is -0.335 e. The molecule has 1 amide bonds. The van der Waals surface area contributed by atoms with Crippen molar-refractivity contribution < 1.29 is 4.79 Å². The number of benzene rings is 1. The van der Waals surface area contributed by atoms with E-state index in [0.29, 0.717) is 12.4 Å². The van der Waals surface area contributed by atoms with E-state index in [2.05, 4.69) is 0 Å². The molecule has 16 heavy (non-hydrogen) atoms. The van der Waals surface area contributed by atoms with E-state index in [1.54, 1.807) is 4.90 Å². The van der Waals surface area contributed by atoms with E-state index in [0.717, 1.165) is 11.1 Å². The van der Waals surface area contributed by atoms with Gasteiger partial charge in [-0.3, -0.25) is 4.79 Å². The molecule has 1 rings (SSSR count). The van der Waals surface area contributed by atoms with Crippen molar-refractivity contribution in [3.63, 3.8) is 0 Å². The molecule has 3 heteroatoms. The van der Waals surface area contributed by atoms with Gasteiger partial charge in [-0.2, -0.15) is 0 Å². The molecule has 1 aromatic rings. The second kappa shape index (κ2) is 5.90. The third-order valence-electron chi connectivity index (χ3n) is 2.51. The van der Waals surface area contributed by atoms with Gasteiger partial charge in [0.05, 0.1) is 0 Å². The summed E-state index contributed by atoms with van der Waals surface area (Å²) in [6.07, 6.45) is 0. The lowest BCUT2D eigenvalue weighted by molar-refractivity contribution is 0.0718. The summed E-state index contributed by atoms with van der Waals surface area (Å²) >= 11 is 5.70. The topological polar surface area (TPSA) is 20.3 Å². The molecule has 0 aliphatic heterocycles. The third-order valence-corrected chi connectivity index (χ3v) is 2.68. The standard InChI is InChI=1S/C13H18ClNO/c1-10(2)15(9-8-14)13(16)12-6-4-11(3)5-7-12/h4-7,10H,8-9H2,1-3H3. The highest BCUT2D eigenvalue weighted by molar-refractivity contribution is 6.18. The van der Waals surface area contributed by atoms with E-state index < -0.39 is 0 Å². The van der Waals surface area contributed by atoms with Crippen molar-refractivity contribution in [3.05, 3.63) is 35.4 Å². The quantitative estimate of drug-likeness (QED) is 0.740. The van der Waals surface area contributed by atoms with Crippen molar-refractivity contribution in [1.29, 1.82) is 0 Å². The fourth-order valence-electron chi connectivity index (χ4n) is 1.55. The van der Waals surface area contributed by atoms with Crippen molar-refractivity contribution in [2.45, 2.75) is 26.8 Å². The molecular formula is C13H18ClNO. The Morgan fingerprint density at radius 2 is 1.88 bits per heavy atom. The normalized spacial score (nSPS) is 10.6. The number of amides is 1. The first-order chi connectivity index (χ1) is 7.56. The molecule has 0 aliphatic rings. The first-order valence-corrected chi connectivity index (χ1v) is 6.03. The lowest BCUT2D eigenvalue weighted by Gasteiger charge is -2.26. The molecule has 0 saturated heterocycles. The van der Waals surface area contributed by atoms with E-state index in [9.17, 15) is 4.79 Å². The number of carbonyl (C=O) groups excluding carboxylic acids is 1. The minimum absolute atomic E-state index is 0.0515. The van der Waals surface area contributed by atoms with Crippen LogP contribution in [0.3, 0.4) is 0 Å². The van der Waals surface area contributed by atoms with E-state index in [1.807, 2.05) is 45.0 Å². The average molecular weight is 240 g/mol. The SMILES string of the molecule is Cc1ccc(C(=O)N(CCCl)C(C)C)cc1. The Bertz CT molecular complexity index is 345. The number of halogens is 1. The first kappa shape index (κ1) is 13.0. The van der Waals surface area contributed by atoms with Crippen LogP contribution >= 0.6 is 11.6 Å². The Labute approximate surface area is 102 Å². The molecule has 0 spiro atoms. The predicted molar refractivity (Wildman–Crippen MR) is 68.1 cm³/mol. The lowest BCUT2D eigenvalue weighted by atomic mass is 10.1. The fraction of sp³-hybridized carbons (Fsp3) is 0.462. The third kappa shape index (κ3) is 3.24. The molecule has 0 aromatic heterocycles. The summed E-state index contributed by atoms with van der Waals surface area (Å²) in [5, 5.41) is 0. The molecular weight excluding hydrogens is 222 g/mol. The molecule has 1 aromatic carbocycles. The van der Waals surface area contributed by atoms with E-state index >= 15 is 0 Å². The molecule has 0 radical (unpaired) electrons. The van der Waals surface area contributed by atoms with Crippen LogP contribution in [-0.4, -0.2) is 29.3 Å². The number of hydrogen-bond acceptors (Lipinski definition) is 1.